The Kier molecular flexibility index (Phi) is 9.20. The van der Waals surface area contributed by atoms with E-state index in [1.165, 1.54) is 47.1 Å². The van der Waals surface area contributed by atoms with E-state index in [4.69, 9.17) is 16.7 Å². The summed E-state index contributed by atoms with van der Waals surface area (Å²) >= 11 is 6.09. The molecule has 0 aliphatic carbocycles. The van der Waals surface area contributed by atoms with Crippen LogP contribution in [0.1, 0.15) is 52.5 Å². The Labute approximate surface area is 267 Å². The molecular formula is C33H30ClF4N5O3. The minimum atomic E-state index is -4.69. The molecule has 3 atom stereocenters. The zero-order valence-electron chi connectivity index (χ0n) is 25.1. The number of fused-ring (bicyclic) bond motifs is 1. The average molecular weight is 656 g/mol. The number of hydrogen-bond donors (Lipinski definition) is 1. The van der Waals surface area contributed by atoms with Crippen LogP contribution >= 0.6 is 11.6 Å². The van der Waals surface area contributed by atoms with Crippen LogP contribution in [0.15, 0.2) is 78.9 Å². The molecule has 0 unspecified atom stereocenters. The summed E-state index contributed by atoms with van der Waals surface area (Å²) in [5.41, 5.74) is 0.597. The number of anilines is 1. The highest BCUT2D eigenvalue weighted by molar-refractivity contribution is 6.30. The molecule has 2 heterocycles. The minimum Gasteiger partial charge on any atom is -0.339 e. The van der Waals surface area contributed by atoms with Gasteiger partial charge in [0.05, 0.1) is 23.5 Å². The third kappa shape index (κ3) is 6.34. The van der Waals surface area contributed by atoms with Gasteiger partial charge in [-0.2, -0.15) is 18.3 Å². The Balaban J connectivity index is 1.71. The molecule has 0 spiro atoms. The van der Waals surface area contributed by atoms with Gasteiger partial charge in [-0.15, -0.1) is 11.6 Å². The molecule has 8 nitrogen and oxygen atoms in total. The molecule has 13 heteroatoms. The molecule has 1 aliphatic heterocycles. The highest BCUT2D eigenvalue weighted by Gasteiger charge is 2.46. The van der Waals surface area contributed by atoms with Gasteiger partial charge >= 0.3 is 6.18 Å². The van der Waals surface area contributed by atoms with E-state index >= 15 is 0 Å². The maximum absolute atomic E-state index is 14.3. The number of nitrogens with one attached hydrogen (secondary N) is 1. The van der Waals surface area contributed by atoms with E-state index in [0.29, 0.717) is 34.4 Å². The Bertz CT molecular complexity index is 1760. The van der Waals surface area contributed by atoms with Crippen LogP contribution in [0.3, 0.4) is 0 Å². The summed E-state index contributed by atoms with van der Waals surface area (Å²) in [6.07, 6.45) is -4.69. The number of likely N-dealkylation sites (N-methyl/N-ethyl adjacent to an activating group) is 1. The summed E-state index contributed by atoms with van der Waals surface area (Å²) in [6.45, 7) is 3.38. The summed E-state index contributed by atoms with van der Waals surface area (Å²) in [5.74, 6) is -2.95. The quantitative estimate of drug-likeness (QED) is 0.189. The molecule has 1 N–H and O–H groups in total. The largest absolute Gasteiger partial charge is 0.416 e. The monoisotopic (exact) mass is 655 g/mol. The molecule has 46 heavy (non-hydrogen) atoms. The van der Waals surface area contributed by atoms with E-state index in [1.54, 1.807) is 42.9 Å². The highest BCUT2D eigenvalue weighted by Crippen LogP contribution is 2.44. The molecule has 3 amide bonds. The Morgan fingerprint density at radius 1 is 1.04 bits per heavy atom. The zero-order chi connectivity index (χ0) is 33.3. The van der Waals surface area contributed by atoms with Crippen molar-refractivity contribution in [1.82, 2.24) is 20.0 Å². The first-order valence-corrected chi connectivity index (χ1v) is 14.9. The molecule has 0 radical (unpaired) electrons. The average Bonchev–Trinajstić information content (AvgIpc) is 3.39. The second kappa shape index (κ2) is 13.0. The van der Waals surface area contributed by atoms with Gasteiger partial charge in [0, 0.05) is 30.6 Å². The molecule has 3 aromatic carbocycles. The number of alkyl halides is 4. The van der Waals surface area contributed by atoms with Crippen LogP contribution < -0.4 is 10.2 Å². The van der Waals surface area contributed by atoms with Crippen LogP contribution in [-0.4, -0.2) is 57.4 Å². The molecule has 0 fully saturated rings. The number of hydrogen-bond acceptors (Lipinski definition) is 4. The van der Waals surface area contributed by atoms with Gasteiger partial charge in [-0.3, -0.25) is 19.3 Å². The van der Waals surface area contributed by atoms with Gasteiger partial charge in [0.1, 0.15) is 23.1 Å². The highest BCUT2D eigenvalue weighted by atomic mass is 35.5. The smallest absolute Gasteiger partial charge is 0.339 e. The number of aromatic nitrogens is 2. The van der Waals surface area contributed by atoms with Crippen molar-refractivity contribution in [2.75, 3.05) is 18.5 Å². The summed E-state index contributed by atoms with van der Waals surface area (Å²) in [4.78, 5) is 43.5. The lowest BCUT2D eigenvalue weighted by molar-refractivity contribution is -0.137. The summed E-state index contributed by atoms with van der Waals surface area (Å²) < 4.78 is 56.1. The zero-order valence-corrected chi connectivity index (χ0v) is 25.8. The third-order valence-corrected chi connectivity index (χ3v) is 7.98. The van der Waals surface area contributed by atoms with Gasteiger partial charge in [0.2, 0.25) is 5.91 Å². The van der Waals surface area contributed by atoms with Crippen molar-refractivity contribution in [1.29, 1.82) is 0 Å². The van der Waals surface area contributed by atoms with Crippen molar-refractivity contribution in [3.63, 3.8) is 0 Å². The van der Waals surface area contributed by atoms with Gasteiger partial charge < -0.3 is 10.2 Å². The Hall–Kier alpha value is -4.71. The van der Waals surface area contributed by atoms with Gasteiger partial charge in [0.15, 0.2) is 0 Å². The molecular weight excluding hydrogens is 626 g/mol. The van der Waals surface area contributed by atoms with E-state index < -0.39 is 46.7 Å². The second-order valence-electron chi connectivity index (χ2n) is 10.9. The lowest BCUT2D eigenvalue weighted by atomic mass is 9.80. The number of nitrogens with zero attached hydrogens (tertiary/aromatic N) is 4. The summed E-state index contributed by atoms with van der Waals surface area (Å²) in [7, 11) is 1.56. The molecule has 0 saturated carbocycles. The number of rotatable bonds is 8. The van der Waals surface area contributed by atoms with E-state index in [9.17, 15) is 31.9 Å². The lowest BCUT2D eigenvalue weighted by Gasteiger charge is -2.38. The molecule has 240 valence electrons. The molecule has 1 aromatic heterocycles. The van der Waals surface area contributed by atoms with Crippen LogP contribution in [0.4, 0.5) is 23.4 Å². The number of halogens is 5. The third-order valence-electron chi connectivity index (χ3n) is 7.79. The van der Waals surface area contributed by atoms with Gasteiger partial charge in [-0.1, -0.05) is 36.4 Å². The predicted molar refractivity (Wildman–Crippen MR) is 164 cm³/mol. The summed E-state index contributed by atoms with van der Waals surface area (Å²) in [6, 6.07) is 16.9. The van der Waals surface area contributed by atoms with Gasteiger partial charge in [-0.25, -0.2) is 9.07 Å². The predicted octanol–water partition coefficient (Wildman–Crippen LogP) is 5.91. The van der Waals surface area contributed by atoms with E-state index in [0.717, 1.165) is 12.1 Å². The number of para-hydroxylation sites is 1. The van der Waals surface area contributed by atoms with Crippen molar-refractivity contribution in [3.05, 3.63) is 113 Å². The maximum atomic E-state index is 14.3. The van der Waals surface area contributed by atoms with Crippen LogP contribution in [0.5, 0.6) is 0 Å². The van der Waals surface area contributed by atoms with Crippen LogP contribution in [-0.2, 0) is 22.3 Å². The number of carbonyl (C=O) groups is 3. The van der Waals surface area contributed by atoms with Crippen molar-refractivity contribution in [2.24, 2.45) is 0 Å². The first-order valence-electron chi connectivity index (χ1n) is 14.4. The number of carbonyl (C=O) groups excluding carboxylic acids is 3. The minimum absolute atomic E-state index is 0.0320. The molecule has 0 saturated heterocycles. The van der Waals surface area contributed by atoms with E-state index in [-0.39, 0.29) is 24.6 Å². The van der Waals surface area contributed by atoms with Crippen molar-refractivity contribution < 1.29 is 31.9 Å². The number of benzene rings is 3. The first-order chi connectivity index (χ1) is 21.8. The maximum Gasteiger partial charge on any atom is 0.416 e. The Morgan fingerprint density at radius 2 is 1.72 bits per heavy atom. The second-order valence-corrected chi connectivity index (χ2v) is 11.5. The topological polar surface area (TPSA) is 87.5 Å². The normalized spacial score (nSPS) is 17.0. The van der Waals surface area contributed by atoms with E-state index in [2.05, 4.69) is 5.32 Å². The van der Waals surface area contributed by atoms with E-state index in [1.807, 2.05) is 6.07 Å². The lowest BCUT2D eigenvalue weighted by Crippen LogP contribution is -2.55. The van der Waals surface area contributed by atoms with Crippen LogP contribution in [0, 0.1) is 5.82 Å². The Morgan fingerprint density at radius 3 is 2.33 bits per heavy atom. The van der Waals surface area contributed by atoms with Gasteiger partial charge in [-0.05, 0) is 61.9 Å². The molecule has 4 aromatic rings. The molecule has 1 aliphatic rings. The molecule has 5 rings (SSSR count). The fraction of sp³-hybridized carbons (Fsp3) is 0.273. The SMILES string of the molecule is CCN1C(=O)[C@@H](NC(=O)c2cccc(C(F)(F)F)c2)[C@@H](c2ccc(F)cc2)c2c(CN(C)C(=O)[C@H](C)Cl)nn(-c3ccccc3)c21. The summed E-state index contributed by atoms with van der Waals surface area (Å²) in [5, 5.41) is 6.69. The fourth-order valence-electron chi connectivity index (χ4n) is 5.64. The van der Waals surface area contributed by atoms with Crippen LogP contribution in [0.25, 0.3) is 5.69 Å². The standard InChI is InChI=1S/C33H30ClF4N5O3/c1-4-42-30-27(25(18-41(3)31(45)19(2)34)40-43(30)24-11-6-5-7-12-24)26(20-13-15-23(35)16-14-20)28(32(42)46)39-29(44)21-9-8-10-22(17-21)33(36,37)38/h5-17,19,26,28H,4,18H2,1-3H3,(H,39,44)/t19-,26-,28-/m0/s1. The number of amides is 3. The van der Waals surface area contributed by atoms with Crippen molar-refractivity contribution in [3.8, 4) is 5.69 Å². The van der Waals surface area contributed by atoms with Crippen molar-refractivity contribution >= 4 is 35.1 Å². The van der Waals surface area contributed by atoms with Crippen LogP contribution in [0.2, 0.25) is 0 Å². The van der Waals surface area contributed by atoms with Crippen molar-refractivity contribution in [2.45, 2.75) is 43.9 Å². The van der Waals surface area contributed by atoms with Gasteiger partial charge in [0.25, 0.3) is 11.8 Å². The molecule has 0 bridgehead atoms. The first kappa shape index (κ1) is 32.7. The fourth-order valence-corrected chi connectivity index (χ4v) is 5.81.